The molecule has 2 nitrogen and oxygen atoms in total. The zero-order valence-corrected chi connectivity index (χ0v) is 5.65. The van der Waals surface area contributed by atoms with Gasteiger partial charge in [-0.15, -0.1) is 11.6 Å². The molecule has 1 saturated carbocycles. The van der Waals surface area contributed by atoms with Crippen LogP contribution in [0, 0.1) is 5.92 Å². The fourth-order valence-electron chi connectivity index (χ4n) is 0.827. The van der Waals surface area contributed by atoms with Crippen LogP contribution in [0.1, 0.15) is 12.8 Å². The number of rotatable bonds is 2. The molecule has 0 saturated heterocycles. The van der Waals surface area contributed by atoms with Gasteiger partial charge in [0, 0.05) is 18.8 Å². The monoisotopic (exact) mass is 146 g/mol. The second kappa shape index (κ2) is 2.48. The first-order valence-corrected chi connectivity index (χ1v) is 3.38. The lowest BCUT2D eigenvalue weighted by Crippen LogP contribution is -2.31. The van der Waals surface area contributed by atoms with Crippen molar-refractivity contribution in [3.8, 4) is 0 Å². The summed E-state index contributed by atoms with van der Waals surface area (Å²) in [6, 6.07) is 0. The van der Waals surface area contributed by atoms with Gasteiger partial charge >= 0.3 is 0 Å². The predicted octanol–water partition coefficient (Wildman–Crippen LogP) is 0.773. The largest absolute Gasteiger partial charge is 0.300 e. The molecule has 0 aromatic carbocycles. The van der Waals surface area contributed by atoms with Gasteiger partial charge in [-0.25, -0.2) is 0 Å². The van der Waals surface area contributed by atoms with Crippen molar-refractivity contribution >= 4 is 23.2 Å². The van der Waals surface area contributed by atoms with Gasteiger partial charge in [-0.2, -0.15) is 0 Å². The Morgan fingerprint density at radius 2 is 2.22 bits per heavy atom. The summed E-state index contributed by atoms with van der Waals surface area (Å²) in [6.07, 6.45) is 0.844. The molecular formula is C6H7ClO2. The minimum absolute atomic E-state index is 0.0104. The van der Waals surface area contributed by atoms with Crippen molar-refractivity contribution in [1.29, 1.82) is 0 Å². The van der Waals surface area contributed by atoms with Gasteiger partial charge in [0.15, 0.2) is 5.78 Å². The van der Waals surface area contributed by atoms with E-state index in [9.17, 15) is 9.59 Å². The van der Waals surface area contributed by atoms with Crippen molar-refractivity contribution in [2.45, 2.75) is 12.8 Å². The fraction of sp³-hybridized carbons (Fsp3) is 0.667. The first kappa shape index (κ1) is 6.75. The molecule has 0 aromatic rings. The Labute approximate surface area is 58.2 Å². The summed E-state index contributed by atoms with van der Waals surface area (Å²) >= 11 is 5.25. The zero-order chi connectivity index (χ0) is 6.85. The third-order valence-electron chi connectivity index (χ3n) is 1.54. The molecule has 0 aliphatic heterocycles. The van der Waals surface area contributed by atoms with E-state index >= 15 is 0 Å². The van der Waals surface area contributed by atoms with Crippen LogP contribution in [0.3, 0.4) is 0 Å². The van der Waals surface area contributed by atoms with Crippen LogP contribution in [0.15, 0.2) is 0 Å². The summed E-state index contributed by atoms with van der Waals surface area (Å²) in [6.45, 7) is 0. The van der Waals surface area contributed by atoms with E-state index in [1.165, 1.54) is 0 Å². The van der Waals surface area contributed by atoms with E-state index in [4.69, 9.17) is 11.6 Å². The highest BCUT2D eigenvalue weighted by Gasteiger charge is 2.31. The molecule has 0 unspecified atom stereocenters. The smallest absolute Gasteiger partial charge is 0.151 e. The van der Waals surface area contributed by atoms with Gasteiger partial charge in [-0.05, 0) is 0 Å². The molecule has 0 spiro atoms. The SMILES string of the molecule is O=C1CC(C(=O)CCl)C1. The van der Waals surface area contributed by atoms with Gasteiger partial charge < -0.3 is 0 Å². The van der Waals surface area contributed by atoms with E-state index in [2.05, 4.69) is 0 Å². The van der Waals surface area contributed by atoms with Crippen LogP contribution in [-0.2, 0) is 9.59 Å². The number of hydrogen-bond acceptors (Lipinski definition) is 2. The molecule has 0 aromatic heterocycles. The van der Waals surface area contributed by atoms with Crippen LogP contribution in [0.25, 0.3) is 0 Å². The maximum absolute atomic E-state index is 10.7. The number of carbonyl (C=O) groups is 2. The lowest BCUT2D eigenvalue weighted by atomic mass is 9.81. The molecule has 0 amide bonds. The van der Waals surface area contributed by atoms with E-state index in [0.29, 0.717) is 12.8 Å². The van der Waals surface area contributed by atoms with Crippen molar-refractivity contribution in [1.82, 2.24) is 0 Å². The van der Waals surface area contributed by atoms with E-state index < -0.39 is 0 Å². The molecule has 0 heterocycles. The van der Waals surface area contributed by atoms with Crippen LogP contribution < -0.4 is 0 Å². The summed E-state index contributed by atoms with van der Waals surface area (Å²) in [7, 11) is 0. The third-order valence-corrected chi connectivity index (χ3v) is 1.80. The summed E-state index contributed by atoms with van der Waals surface area (Å²) < 4.78 is 0. The van der Waals surface area contributed by atoms with Crippen molar-refractivity contribution in [2.75, 3.05) is 5.88 Å². The standard InChI is InChI=1S/C6H7ClO2/c7-3-6(9)4-1-5(8)2-4/h4H,1-3H2. The lowest BCUT2D eigenvalue weighted by molar-refractivity contribution is -0.135. The molecule has 1 aliphatic rings. The van der Waals surface area contributed by atoms with Crippen molar-refractivity contribution < 1.29 is 9.59 Å². The van der Waals surface area contributed by atoms with Crippen molar-refractivity contribution in [3.63, 3.8) is 0 Å². The van der Waals surface area contributed by atoms with Gasteiger partial charge in [-0.1, -0.05) is 0 Å². The quantitative estimate of drug-likeness (QED) is 0.540. The molecule has 0 atom stereocenters. The van der Waals surface area contributed by atoms with Crippen LogP contribution in [-0.4, -0.2) is 17.4 Å². The Hall–Kier alpha value is -0.370. The van der Waals surface area contributed by atoms with Crippen LogP contribution >= 0.6 is 11.6 Å². The summed E-state index contributed by atoms with van der Waals surface area (Å²) in [5.74, 6) is 0.197. The van der Waals surface area contributed by atoms with Crippen molar-refractivity contribution in [3.05, 3.63) is 0 Å². The van der Waals surface area contributed by atoms with Gasteiger partial charge in [-0.3, -0.25) is 9.59 Å². The van der Waals surface area contributed by atoms with E-state index in [1.807, 2.05) is 0 Å². The van der Waals surface area contributed by atoms with E-state index in [-0.39, 0.29) is 23.4 Å². The van der Waals surface area contributed by atoms with Gasteiger partial charge in [0.25, 0.3) is 0 Å². The highest BCUT2D eigenvalue weighted by atomic mass is 35.5. The zero-order valence-electron chi connectivity index (χ0n) is 4.89. The number of ketones is 2. The Morgan fingerprint density at radius 3 is 2.56 bits per heavy atom. The fourth-order valence-corrected chi connectivity index (χ4v) is 1.04. The molecule has 1 fully saturated rings. The second-order valence-corrected chi connectivity index (χ2v) is 2.51. The first-order chi connectivity index (χ1) is 4.24. The normalized spacial score (nSPS) is 19.4. The Kier molecular flexibility index (Phi) is 1.86. The second-order valence-electron chi connectivity index (χ2n) is 2.24. The summed E-state index contributed by atoms with van der Waals surface area (Å²) in [5.41, 5.74) is 0. The van der Waals surface area contributed by atoms with Crippen LogP contribution in [0.5, 0.6) is 0 Å². The number of Topliss-reactive ketones (excluding diaryl/α,β-unsaturated/α-hetero) is 2. The Bertz CT molecular complexity index is 145. The van der Waals surface area contributed by atoms with Crippen LogP contribution in [0.4, 0.5) is 0 Å². The topological polar surface area (TPSA) is 34.1 Å². The predicted molar refractivity (Wildman–Crippen MR) is 33.5 cm³/mol. The van der Waals surface area contributed by atoms with Gasteiger partial charge in [0.2, 0.25) is 0 Å². The number of halogens is 1. The number of alkyl halides is 1. The van der Waals surface area contributed by atoms with E-state index in [1.54, 1.807) is 0 Å². The number of hydrogen-bond donors (Lipinski definition) is 0. The summed E-state index contributed by atoms with van der Waals surface area (Å²) in [5, 5.41) is 0. The molecule has 1 rings (SSSR count). The molecule has 0 bridgehead atoms. The van der Waals surface area contributed by atoms with Gasteiger partial charge in [0.1, 0.15) is 5.78 Å². The highest BCUT2D eigenvalue weighted by molar-refractivity contribution is 6.28. The molecule has 3 heteroatoms. The highest BCUT2D eigenvalue weighted by Crippen LogP contribution is 2.23. The Morgan fingerprint density at radius 1 is 1.67 bits per heavy atom. The average Bonchev–Trinajstić information content (AvgIpc) is 1.79. The number of carbonyl (C=O) groups excluding carboxylic acids is 2. The van der Waals surface area contributed by atoms with Crippen LogP contribution in [0.2, 0.25) is 0 Å². The molecule has 50 valence electrons. The summed E-state index contributed by atoms with van der Waals surface area (Å²) in [4.78, 5) is 21.0. The van der Waals surface area contributed by atoms with Crippen molar-refractivity contribution in [2.24, 2.45) is 5.92 Å². The molecule has 0 N–H and O–H groups in total. The first-order valence-electron chi connectivity index (χ1n) is 2.84. The lowest BCUT2D eigenvalue weighted by Gasteiger charge is -2.20. The maximum atomic E-state index is 10.7. The van der Waals surface area contributed by atoms with Gasteiger partial charge in [0.05, 0.1) is 5.88 Å². The molecular weight excluding hydrogens is 140 g/mol. The molecule has 9 heavy (non-hydrogen) atoms. The average molecular weight is 147 g/mol. The minimum atomic E-state index is -0.0463. The third kappa shape index (κ3) is 1.30. The minimum Gasteiger partial charge on any atom is -0.300 e. The molecule has 0 radical (unpaired) electrons. The molecule has 1 aliphatic carbocycles. The van der Waals surface area contributed by atoms with E-state index in [0.717, 1.165) is 0 Å². The Balaban J connectivity index is 2.31. The maximum Gasteiger partial charge on any atom is 0.151 e.